The molecule has 5 heteroatoms. The van der Waals surface area contributed by atoms with E-state index in [9.17, 15) is 0 Å². The summed E-state index contributed by atoms with van der Waals surface area (Å²) >= 11 is 5.18. The number of benzene rings is 1. The normalized spacial score (nSPS) is 11.2. The van der Waals surface area contributed by atoms with Crippen LogP contribution in [0.1, 0.15) is 25.5 Å². The molecule has 0 bridgehead atoms. The summed E-state index contributed by atoms with van der Waals surface area (Å²) in [5.41, 5.74) is 7.93. The Kier molecular flexibility index (Phi) is 4.02. The zero-order valence-electron chi connectivity index (χ0n) is 10.6. The van der Waals surface area contributed by atoms with E-state index in [1.807, 2.05) is 29.9 Å². The van der Waals surface area contributed by atoms with Crippen molar-refractivity contribution in [2.45, 2.75) is 29.7 Å². The van der Waals surface area contributed by atoms with Crippen molar-refractivity contribution in [3.8, 4) is 0 Å². The van der Waals surface area contributed by atoms with Crippen LogP contribution in [0.5, 0.6) is 0 Å². The van der Waals surface area contributed by atoms with Gasteiger partial charge in [0.15, 0.2) is 0 Å². The van der Waals surface area contributed by atoms with E-state index in [0.29, 0.717) is 5.92 Å². The van der Waals surface area contributed by atoms with Crippen molar-refractivity contribution in [2.75, 3.05) is 5.73 Å². The lowest BCUT2D eigenvalue weighted by Crippen LogP contribution is -1.94. The number of halogens is 1. The fourth-order valence-electron chi connectivity index (χ4n) is 1.72. The molecule has 0 spiro atoms. The Balaban J connectivity index is 2.38. The van der Waals surface area contributed by atoms with Crippen molar-refractivity contribution in [1.29, 1.82) is 0 Å². The lowest BCUT2D eigenvalue weighted by Gasteiger charge is -2.05. The second kappa shape index (κ2) is 5.36. The monoisotopic (exact) mass is 325 g/mol. The summed E-state index contributed by atoms with van der Waals surface area (Å²) in [4.78, 5) is 1.14. The van der Waals surface area contributed by atoms with E-state index in [1.54, 1.807) is 11.8 Å². The molecule has 3 nitrogen and oxygen atoms in total. The van der Waals surface area contributed by atoms with Gasteiger partial charge in [-0.2, -0.15) is 5.10 Å². The van der Waals surface area contributed by atoms with E-state index < -0.39 is 0 Å². The van der Waals surface area contributed by atoms with E-state index >= 15 is 0 Å². The number of nitrogens with two attached hydrogens (primary N) is 1. The minimum Gasteiger partial charge on any atom is -0.395 e. The zero-order chi connectivity index (χ0) is 13.3. The maximum absolute atomic E-state index is 6.18. The number of hydrogen-bond acceptors (Lipinski definition) is 3. The molecule has 0 aliphatic carbocycles. The molecule has 0 fully saturated rings. The Morgan fingerprint density at radius 2 is 2.00 bits per heavy atom. The van der Waals surface area contributed by atoms with Crippen molar-refractivity contribution in [1.82, 2.24) is 9.78 Å². The highest BCUT2D eigenvalue weighted by atomic mass is 79.9. The number of anilines is 1. The molecule has 0 amide bonds. The molecule has 0 aliphatic rings. The second-order valence-corrected chi connectivity index (χ2v) is 6.30. The van der Waals surface area contributed by atoms with Crippen LogP contribution in [-0.4, -0.2) is 9.78 Å². The fraction of sp³-hybridized carbons (Fsp3) is 0.308. The Morgan fingerprint density at radius 3 is 2.56 bits per heavy atom. The Bertz CT molecular complexity index is 563. The van der Waals surface area contributed by atoms with Gasteiger partial charge in [-0.3, -0.25) is 4.68 Å². The van der Waals surface area contributed by atoms with Crippen LogP contribution in [0.2, 0.25) is 0 Å². The van der Waals surface area contributed by atoms with E-state index in [-0.39, 0.29) is 0 Å². The van der Waals surface area contributed by atoms with Crippen LogP contribution in [0, 0.1) is 0 Å². The first kappa shape index (κ1) is 13.5. The first-order valence-corrected chi connectivity index (χ1v) is 7.36. The molecule has 2 rings (SSSR count). The van der Waals surface area contributed by atoms with E-state index in [1.165, 1.54) is 0 Å². The Labute approximate surface area is 120 Å². The number of hydrogen-bond donors (Lipinski definition) is 1. The molecule has 1 aromatic heterocycles. The van der Waals surface area contributed by atoms with Crippen molar-refractivity contribution in [3.05, 3.63) is 34.4 Å². The van der Waals surface area contributed by atoms with Gasteiger partial charge in [0.05, 0.1) is 11.4 Å². The number of aryl methyl sites for hydroxylation is 1. The van der Waals surface area contributed by atoms with Crippen LogP contribution in [0.15, 0.2) is 38.7 Å². The summed E-state index contributed by atoms with van der Waals surface area (Å²) in [5.74, 6) is 0.338. The van der Waals surface area contributed by atoms with Crippen molar-refractivity contribution >= 4 is 33.4 Å². The van der Waals surface area contributed by atoms with Crippen LogP contribution in [-0.2, 0) is 7.05 Å². The quantitative estimate of drug-likeness (QED) is 0.926. The van der Waals surface area contributed by atoms with Gasteiger partial charge >= 0.3 is 0 Å². The summed E-state index contributed by atoms with van der Waals surface area (Å²) in [6.45, 7) is 4.21. The Morgan fingerprint density at radius 1 is 1.33 bits per heavy atom. The SMILES string of the molecule is CC(C)c1nn(C)c(Sc2ccccc2Br)c1N. The van der Waals surface area contributed by atoms with Crippen LogP contribution >= 0.6 is 27.7 Å². The van der Waals surface area contributed by atoms with Gasteiger partial charge in [-0.05, 0) is 34.0 Å². The highest BCUT2D eigenvalue weighted by Gasteiger charge is 2.17. The molecule has 2 aromatic rings. The molecule has 0 atom stereocenters. The summed E-state index contributed by atoms with van der Waals surface area (Å²) in [7, 11) is 1.93. The van der Waals surface area contributed by atoms with Crippen molar-refractivity contribution < 1.29 is 0 Å². The summed E-state index contributed by atoms with van der Waals surface area (Å²) in [6.07, 6.45) is 0. The molecule has 1 aromatic carbocycles. The van der Waals surface area contributed by atoms with Crippen LogP contribution < -0.4 is 5.73 Å². The highest BCUT2D eigenvalue weighted by Crippen LogP contribution is 2.38. The van der Waals surface area contributed by atoms with E-state index in [2.05, 4.69) is 40.9 Å². The Hall–Kier alpha value is -0.940. The van der Waals surface area contributed by atoms with Crippen LogP contribution in [0.4, 0.5) is 5.69 Å². The predicted molar refractivity (Wildman–Crippen MR) is 80.0 cm³/mol. The van der Waals surface area contributed by atoms with Gasteiger partial charge in [-0.1, -0.05) is 37.7 Å². The fourth-order valence-corrected chi connectivity index (χ4v) is 3.16. The first-order valence-electron chi connectivity index (χ1n) is 5.75. The largest absolute Gasteiger partial charge is 0.395 e. The molecular formula is C13H16BrN3S. The maximum Gasteiger partial charge on any atom is 0.122 e. The van der Waals surface area contributed by atoms with Gasteiger partial charge in [0.25, 0.3) is 0 Å². The van der Waals surface area contributed by atoms with Crippen LogP contribution in [0.3, 0.4) is 0 Å². The number of nitrogens with zero attached hydrogens (tertiary/aromatic N) is 2. The minimum atomic E-state index is 0.338. The van der Waals surface area contributed by atoms with Gasteiger partial charge in [0, 0.05) is 16.4 Å². The van der Waals surface area contributed by atoms with Crippen molar-refractivity contribution in [3.63, 3.8) is 0 Å². The average Bonchev–Trinajstić information content (AvgIpc) is 2.60. The van der Waals surface area contributed by atoms with E-state index in [0.717, 1.165) is 25.8 Å². The van der Waals surface area contributed by atoms with E-state index in [4.69, 9.17) is 5.73 Å². The highest BCUT2D eigenvalue weighted by molar-refractivity contribution is 9.10. The number of rotatable bonds is 3. The average molecular weight is 326 g/mol. The molecule has 0 radical (unpaired) electrons. The zero-order valence-corrected chi connectivity index (χ0v) is 13.0. The maximum atomic E-state index is 6.18. The van der Waals surface area contributed by atoms with Gasteiger partial charge < -0.3 is 5.73 Å². The van der Waals surface area contributed by atoms with Crippen LogP contribution in [0.25, 0.3) is 0 Å². The number of aromatic nitrogens is 2. The molecule has 0 saturated heterocycles. The summed E-state index contributed by atoms with van der Waals surface area (Å²) in [6, 6.07) is 8.11. The van der Waals surface area contributed by atoms with Gasteiger partial charge in [0.1, 0.15) is 5.03 Å². The first-order chi connectivity index (χ1) is 8.50. The third kappa shape index (κ3) is 2.57. The van der Waals surface area contributed by atoms with Gasteiger partial charge in [-0.25, -0.2) is 0 Å². The summed E-state index contributed by atoms with van der Waals surface area (Å²) in [5, 5.41) is 5.48. The molecule has 96 valence electrons. The lowest BCUT2D eigenvalue weighted by atomic mass is 10.1. The van der Waals surface area contributed by atoms with Gasteiger partial charge in [0.2, 0.25) is 0 Å². The second-order valence-electron chi connectivity index (χ2n) is 4.41. The molecular weight excluding hydrogens is 310 g/mol. The number of nitrogen functional groups attached to an aromatic ring is 1. The molecule has 2 N–H and O–H groups in total. The standard InChI is InChI=1S/C13H16BrN3S/c1-8(2)12-11(15)13(17(3)16-12)18-10-7-5-4-6-9(10)14/h4-8H,15H2,1-3H3. The molecule has 1 heterocycles. The van der Waals surface area contributed by atoms with Gasteiger partial charge in [-0.15, -0.1) is 0 Å². The van der Waals surface area contributed by atoms with Crippen molar-refractivity contribution in [2.24, 2.45) is 7.05 Å². The topological polar surface area (TPSA) is 43.8 Å². The lowest BCUT2D eigenvalue weighted by molar-refractivity contribution is 0.671. The summed E-state index contributed by atoms with van der Waals surface area (Å²) < 4.78 is 2.93. The molecule has 0 saturated carbocycles. The smallest absolute Gasteiger partial charge is 0.122 e. The molecule has 0 aliphatic heterocycles. The third-order valence-corrected chi connectivity index (χ3v) is 4.86. The molecule has 0 unspecified atom stereocenters. The molecule has 18 heavy (non-hydrogen) atoms. The third-order valence-electron chi connectivity index (χ3n) is 2.65. The minimum absolute atomic E-state index is 0.338. The predicted octanol–water partition coefficient (Wildman–Crippen LogP) is 4.04.